The van der Waals surface area contributed by atoms with Gasteiger partial charge in [0.2, 0.25) is 5.91 Å². The van der Waals surface area contributed by atoms with Crippen molar-refractivity contribution in [2.45, 2.75) is 30.1 Å². The lowest BCUT2D eigenvalue weighted by Crippen LogP contribution is -2.51. The van der Waals surface area contributed by atoms with Crippen LogP contribution in [0.25, 0.3) is 0 Å². The van der Waals surface area contributed by atoms with Crippen molar-refractivity contribution < 1.29 is 27.2 Å². The first kappa shape index (κ1) is 15.9. The van der Waals surface area contributed by atoms with Crippen LogP contribution >= 0.6 is 0 Å². The Morgan fingerprint density at radius 1 is 1.20 bits per heavy atom. The molecule has 3 atom stereocenters. The van der Waals surface area contributed by atoms with Crippen LogP contribution in [0.5, 0.6) is 0 Å². The van der Waals surface area contributed by atoms with E-state index in [9.17, 15) is 22.8 Å². The number of hydrogen-bond acceptors (Lipinski definition) is 4. The molecular weight excluding hydrogens is 337 g/mol. The maximum absolute atomic E-state index is 13.4. The topological polar surface area (TPSA) is 71.3 Å². The zero-order valence-corrected chi connectivity index (χ0v) is 12.8. The first-order valence-electron chi connectivity index (χ1n) is 7.66. The van der Waals surface area contributed by atoms with E-state index in [1.807, 2.05) is 0 Å². The predicted octanol–water partition coefficient (Wildman–Crippen LogP) is 2.95. The molecule has 0 bridgehead atoms. The van der Waals surface area contributed by atoms with Crippen LogP contribution in [0.4, 0.5) is 18.9 Å². The Morgan fingerprint density at radius 3 is 2.64 bits per heavy atom. The van der Waals surface area contributed by atoms with Crippen molar-refractivity contribution >= 4 is 17.9 Å². The number of carbonyl (C=O) groups excluding carboxylic acids is 2. The molecule has 1 aromatic heterocycles. The summed E-state index contributed by atoms with van der Waals surface area (Å²) in [7, 11) is 0. The Morgan fingerprint density at radius 2 is 1.96 bits per heavy atom. The number of fused-ring (bicyclic) bond motifs is 2. The first-order valence-corrected chi connectivity index (χ1v) is 7.66. The van der Waals surface area contributed by atoms with Crippen molar-refractivity contribution in [3.05, 3.63) is 53.5 Å². The quantitative estimate of drug-likeness (QED) is 0.817. The number of furan rings is 1. The Labute approximate surface area is 140 Å². The van der Waals surface area contributed by atoms with Gasteiger partial charge in [0.25, 0.3) is 0 Å². The summed E-state index contributed by atoms with van der Waals surface area (Å²) < 4.78 is 45.5. The van der Waals surface area contributed by atoms with Crippen molar-refractivity contribution in [2.24, 2.45) is 0 Å². The predicted molar refractivity (Wildman–Crippen MR) is 81.2 cm³/mol. The highest BCUT2D eigenvalue weighted by atomic mass is 19.4. The van der Waals surface area contributed by atoms with Crippen molar-refractivity contribution in [1.29, 1.82) is 0 Å². The summed E-state index contributed by atoms with van der Waals surface area (Å²) in [5.41, 5.74) is -0.676. The molecule has 5 nitrogen and oxygen atoms in total. The van der Waals surface area contributed by atoms with Gasteiger partial charge in [-0.15, -0.1) is 0 Å². The van der Waals surface area contributed by atoms with E-state index in [1.54, 1.807) is 24.3 Å². The van der Waals surface area contributed by atoms with Crippen molar-refractivity contribution in [3.63, 3.8) is 0 Å². The molecule has 1 fully saturated rings. The van der Waals surface area contributed by atoms with Gasteiger partial charge in [-0.3, -0.25) is 14.9 Å². The van der Waals surface area contributed by atoms with Gasteiger partial charge in [0, 0.05) is 11.3 Å². The number of amides is 1. The van der Waals surface area contributed by atoms with Crippen LogP contribution in [0.3, 0.4) is 0 Å². The second kappa shape index (κ2) is 5.19. The SMILES string of the molecule is O=Cc1ccc(C2CC(C(F)(F)F)N[C@]23C(=O)Nc2ccccc23)o1. The zero-order chi connectivity index (χ0) is 17.8. The second-order valence-corrected chi connectivity index (χ2v) is 6.19. The van der Waals surface area contributed by atoms with E-state index in [0.29, 0.717) is 17.5 Å². The number of carbonyl (C=O) groups is 2. The lowest BCUT2D eigenvalue weighted by Gasteiger charge is -2.29. The third kappa shape index (κ3) is 2.21. The van der Waals surface area contributed by atoms with E-state index in [4.69, 9.17) is 4.42 Å². The van der Waals surface area contributed by atoms with Crippen molar-refractivity contribution in [2.75, 3.05) is 5.32 Å². The maximum atomic E-state index is 13.4. The number of benzene rings is 1. The van der Waals surface area contributed by atoms with E-state index in [1.165, 1.54) is 12.1 Å². The molecule has 2 aliphatic rings. The molecule has 25 heavy (non-hydrogen) atoms. The maximum Gasteiger partial charge on any atom is 0.403 e. The number of para-hydroxylation sites is 1. The molecule has 1 amide bonds. The Balaban J connectivity index is 1.88. The number of anilines is 1. The highest BCUT2D eigenvalue weighted by molar-refractivity contribution is 6.07. The monoisotopic (exact) mass is 350 g/mol. The molecule has 1 saturated heterocycles. The number of alkyl halides is 3. The molecule has 3 heterocycles. The molecule has 1 aromatic carbocycles. The molecule has 2 aromatic rings. The van der Waals surface area contributed by atoms with E-state index in [-0.39, 0.29) is 17.9 Å². The molecule has 4 rings (SSSR count). The standard InChI is InChI=1S/C17H13F3N2O3/c18-17(19,20)14-7-11(13-6-5-9(8-23)25-13)16(22-14)10-3-1-2-4-12(10)21-15(16)24/h1-6,8,11,14,22H,7H2,(H,21,24)/t11?,14?,16-/m0/s1. The van der Waals surface area contributed by atoms with Crippen molar-refractivity contribution in [3.8, 4) is 0 Å². The Kier molecular flexibility index (Phi) is 3.30. The van der Waals surface area contributed by atoms with Gasteiger partial charge < -0.3 is 9.73 Å². The van der Waals surface area contributed by atoms with E-state index < -0.39 is 29.6 Å². The van der Waals surface area contributed by atoms with Crippen LogP contribution in [0.2, 0.25) is 0 Å². The normalized spacial score (nSPS) is 28.2. The van der Waals surface area contributed by atoms with E-state index >= 15 is 0 Å². The van der Waals surface area contributed by atoms with E-state index in [0.717, 1.165) is 0 Å². The molecule has 2 aliphatic heterocycles. The minimum Gasteiger partial charge on any atom is -0.458 e. The minimum absolute atomic E-state index is 0.00676. The fraction of sp³-hybridized carbons (Fsp3) is 0.294. The van der Waals surface area contributed by atoms with Gasteiger partial charge in [0.05, 0.1) is 5.92 Å². The summed E-state index contributed by atoms with van der Waals surface area (Å²) in [5.74, 6) is -1.27. The number of hydrogen-bond donors (Lipinski definition) is 2. The van der Waals surface area contributed by atoms with E-state index in [2.05, 4.69) is 10.6 Å². The molecule has 0 aliphatic carbocycles. The number of aldehydes is 1. The molecule has 130 valence electrons. The average Bonchev–Trinajstić information content (AvgIpc) is 3.25. The molecule has 8 heteroatoms. The molecule has 0 radical (unpaired) electrons. The summed E-state index contributed by atoms with van der Waals surface area (Å²) in [6, 6.07) is 7.59. The van der Waals surface area contributed by atoms with Crippen molar-refractivity contribution in [1.82, 2.24) is 5.32 Å². The zero-order valence-electron chi connectivity index (χ0n) is 12.8. The Bertz CT molecular complexity index is 861. The molecule has 2 N–H and O–H groups in total. The third-order valence-electron chi connectivity index (χ3n) is 4.86. The minimum atomic E-state index is -4.51. The molecule has 0 saturated carbocycles. The van der Waals surface area contributed by atoms with Gasteiger partial charge in [-0.1, -0.05) is 18.2 Å². The number of rotatable bonds is 2. The average molecular weight is 350 g/mol. The summed E-state index contributed by atoms with van der Waals surface area (Å²) in [5, 5.41) is 5.15. The lowest BCUT2D eigenvalue weighted by molar-refractivity contribution is -0.154. The van der Waals surface area contributed by atoms with Crippen LogP contribution in [-0.4, -0.2) is 24.4 Å². The third-order valence-corrected chi connectivity index (χ3v) is 4.86. The molecule has 1 spiro atoms. The smallest absolute Gasteiger partial charge is 0.403 e. The van der Waals surface area contributed by atoms with Crippen LogP contribution in [0, 0.1) is 0 Å². The lowest BCUT2D eigenvalue weighted by atomic mass is 9.79. The highest BCUT2D eigenvalue weighted by Gasteiger charge is 2.63. The van der Waals surface area contributed by atoms with Gasteiger partial charge in [-0.2, -0.15) is 13.2 Å². The fourth-order valence-corrected chi connectivity index (χ4v) is 3.78. The highest BCUT2D eigenvalue weighted by Crippen LogP contribution is 2.53. The van der Waals surface area contributed by atoms with Crippen LogP contribution in [0.15, 0.2) is 40.8 Å². The van der Waals surface area contributed by atoms with Gasteiger partial charge in [0.1, 0.15) is 17.3 Å². The summed E-state index contributed by atoms with van der Waals surface area (Å²) in [4.78, 5) is 23.6. The first-order chi connectivity index (χ1) is 11.9. The molecular formula is C17H13F3N2O3. The number of halogens is 3. The van der Waals surface area contributed by atoms with Gasteiger partial charge >= 0.3 is 6.18 Å². The Hall–Kier alpha value is -2.61. The summed E-state index contributed by atoms with van der Waals surface area (Å²) in [6.45, 7) is 0. The van der Waals surface area contributed by atoms with Crippen LogP contribution in [0.1, 0.15) is 34.2 Å². The molecule has 2 unspecified atom stereocenters. The van der Waals surface area contributed by atoms with Gasteiger partial charge in [0.15, 0.2) is 12.0 Å². The summed E-state index contributed by atoms with van der Waals surface area (Å²) >= 11 is 0. The van der Waals surface area contributed by atoms with Crippen LogP contribution in [-0.2, 0) is 10.3 Å². The summed E-state index contributed by atoms with van der Waals surface area (Å²) in [6.07, 6.45) is -4.40. The van der Waals surface area contributed by atoms with Crippen LogP contribution < -0.4 is 10.6 Å². The number of nitrogens with one attached hydrogen (secondary N) is 2. The fourth-order valence-electron chi connectivity index (χ4n) is 3.78. The van der Waals surface area contributed by atoms with Gasteiger partial charge in [-0.25, -0.2) is 0 Å². The second-order valence-electron chi connectivity index (χ2n) is 6.19. The van der Waals surface area contributed by atoms with Gasteiger partial charge in [-0.05, 0) is 24.6 Å². The largest absolute Gasteiger partial charge is 0.458 e.